The highest BCUT2D eigenvalue weighted by molar-refractivity contribution is 6.18. The van der Waals surface area contributed by atoms with Crippen LogP contribution in [0.3, 0.4) is 0 Å². The maximum Gasteiger partial charge on any atom is 0.335 e. The number of anilines is 1. The van der Waals surface area contributed by atoms with E-state index in [1.165, 1.54) is 12.1 Å². The van der Waals surface area contributed by atoms with Crippen molar-refractivity contribution in [2.45, 2.75) is 0 Å². The number of rotatable bonds is 8. The minimum absolute atomic E-state index is 0.180. The zero-order valence-corrected chi connectivity index (χ0v) is 14.4. The Hall–Kier alpha value is -2.11. The van der Waals surface area contributed by atoms with Crippen LogP contribution in [0.5, 0.6) is 0 Å². The van der Waals surface area contributed by atoms with Gasteiger partial charge in [-0.15, -0.1) is 23.2 Å². The van der Waals surface area contributed by atoms with Crippen LogP contribution in [0.1, 0.15) is 10.4 Å². The van der Waals surface area contributed by atoms with Crippen LogP contribution in [0.15, 0.2) is 58.8 Å². The summed E-state index contributed by atoms with van der Waals surface area (Å²) in [7, 11) is 0. The van der Waals surface area contributed by atoms with Crippen molar-refractivity contribution in [3.05, 3.63) is 54.1 Å². The number of nitrogens with zero attached hydrogens (tertiary/aromatic N) is 3. The van der Waals surface area contributed by atoms with Gasteiger partial charge in [-0.25, -0.2) is 4.79 Å². The zero-order valence-electron chi connectivity index (χ0n) is 12.9. The third-order valence-electron chi connectivity index (χ3n) is 3.30. The van der Waals surface area contributed by atoms with Crippen LogP contribution in [0.2, 0.25) is 0 Å². The molecule has 5 nitrogen and oxygen atoms in total. The Kier molecular flexibility index (Phi) is 7.03. The summed E-state index contributed by atoms with van der Waals surface area (Å²) in [5.41, 5.74) is 2.36. The lowest BCUT2D eigenvalue weighted by molar-refractivity contribution is 0.0697. The van der Waals surface area contributed by atoms with Crippen LogP contribution in [0.4, 0.5) is 17.1 Å². The molecule has 0 radical (unpaired) electrons. The van der Waals surface area contributed by atoms with Crippen molar-refractivity contribution in [1.29, 1.82) is 0 Å². The first kappa shape index (κ1) is 18.2. The first-order valence-electron chi connectivity index (χ1n) is 7.36. The van der Waals surface area contributed by atoms with Gasteiger partial charge in [0, 0.05) is 30.5 Å². The van der Waals surface area contributed by atoms with E-state index in [0.717, 1.165) is 18.8 Å². The lowest BCUT2D eigenvalue weighted by atomic mass is 10.2. The minimum atomic E-state index is -0.991. The van der Waals surface area contributed by atoms with Crippen LogP contribution in [0.25, 0.3) is 0 Å². The number of hydrogen-bond donors (Lipinski definition) is 1. The SMILES string of the molecule is O=C(O)c1cccc(N=Nc2ccc(N(CCCl)CCCl)cc2)c1. The summed E-state index contributed by atoms with van der Waals surface area (Å²) >= 11 is 11.6. The molecule has 126 valence electrons. The number of carbonyl (C=O) groups is 1. The highest BCUT2D eigenvalue weighted by Crippen LogP contribution is 2.23. The van der Waals surface area contributed by atoms with Crippen molar-refractivity contribution in [2.75, 3.05) is 29.7 Å². The van der Waals surface area contributed by atoms with Gasteiger partial charge in [-0.1, -0.05) is 6.07 Å². The Morgan fingerprint density at radius 3 is 2.17 bits per heavy atom. The highest BCUT2D eigenvalue weighted by Gasteiger charge is 2.05. The average molecular weight is 366 g/mol. The van der Waals surface area contributed by atoms with E-state index in [1.54, 1.807) is 12.1 Å². The predicted molar refractivity (Wildman–Crippen MR) is 97.7 cm³/mol. The van der Waals surface area contributed by atoms with E-state index < -0.39 is 5.97 Å². The number of carboxylic acid groups (broad SMARTS) is 1. The second kappa shape index (κ2) is 9.25. The van der Waals surface area contributed by atoms with E-state index in [1.807, 2.05) is 24.3 Å². The summed E-state index contributed by atoms with van der Waals surface area (Å²) in [6, 6.07) is 13.9. The molecule has 2 aromatic carbocycles. The Balaban J connectivity index is 2.10. The Bertz CT molecular complexity index is 699. The number of carboxylic acids is 1. The molecule has 0 aliphatic rings. The number of hydrogen-bond acceptors (Lipinski definition) is 4. The molecule has 7 heteroatoms. The largest absolute Gasteiger partial charge is 0.478 e. The quantitative estimate of drug-likeness (QED) is 0.523. The standard InChI is InChI=1S/C17H17Cl2N3O2/c18-8-10-22(11-9-19)16-6-4-14(5-7-16)20-21-15-3-1-2-13(12-15)17(23)24/h1-7,12H,8-11H2,(H,23,24). The Morgan fingerprint density at radius 1 is 0.958 bits per heavy atom. The molecule has 0 amide bonds. The molecule has 0 aliphatic carbocycles. The van der Waals surface area contributed by atoms with Gasteiger partial charge in [-0.3, -0.25) is 0 Å². The van der Waals surface area contributed by atoms with Crippen LogP contribution in [-0.2, 0) is 0 Å². The normalized spacial score (nSPS) is 10.9. The lowest BCUT2D eigenvalue weighted by Crippen LogP contribution is -2.27. The third kappa shape index (κ3) is 5.22. The number of alkyl halides is 2. The summed E-state index contributed by atoms with van der Waals surface area (Å²) in [5, 5.41) is 17.2. The summed E-state index contributed by atoms with van der Waals surface area (Å²) in [6.45, 7) is 1.44. The monoisotopic (exact) mass is 365 g/mol. The molecule has 2 aromatic rings. The fraction of sp³-hybridized carbons (Fsp3) is 0.235. The third-order valence-corrected chi connectivity index (χ3v) is 3.64. The van der Waals surface area contributed by atoms with Gasteiger partial charge in [0.15, 0.2) is 0 Å². The molecule has 0 aromatic heterocycles. The molecule has 24 heavy (non-hydrogen) atoms. The highest BCUT2D eigenvalue weighted by atomic mass is 35.5. The zero-order chi connectivity index (χ0) is 17.4. The second-order valence-corrected chi connectivity index (χ2v) is 5.69. The average Bonchev–Trinajstić information content (AvgIpc) is 2.60. The van der Waals surface area contributed by atoms with Crippen LogP contribution in [-0.4, -0.2) is 35.9 Å². The lowest BCUT2D eigenvalue weighted by Gasteiger charge is -2.22. The van der Waals surface area contributed by atoms with Gasteiger partial charge in [-0.2, -0.15) is 10.2 Å². The molecule has 0 heterocycles. The van der Waals surface area contributed by atoms with Crippen LogP contribution < -0.4 is 4.90 Å². The number of aromatic carboxylic acids is 1. The van der Waals surface area contributed by atoms with Gasteiger partial charge >= 0.3 is 5.97 Å². The van der Waals surface area contributed by atoms with Gasteiger partial charge < -0.3 is 10.0 Å². The van der Waals surface area contributed by atoms with E-state index in [9.17, 15) is 4.79 Å². The van der Waals surface area contributed by atoms with Crippen molar-refractivity contribution >= 4 is 46.2 Å². The molecule has 1 N–H and O–H groups in total. The molecular weight excluding hydrogens is 349 g/mol. The van der Waals surface area contributed by atoms with E-state index in [4.69, 9.17) is 28.3 Å². The Morgan fingerprint density at radius 2 is 1.58 bits per heavy atom. The van der Waals surface area contributed by atoms with Gasteiger partial charge in [-0.05, 0) is 42.5 Å². The van der Waals surface area contributed by atoms with E-state index >= 15 is 0 Å². The van der Waals surface area contributed by atoms with Crippen molar-refractivity contribution in [2.24, 2.45) is 10.2 Å². The summed E-state index contributed by atoms with van der Waals surface area (Å²) < 4.78 is 0. The van der Waals surface area contributed by atoms with E-state index in [2.05, 4.69) is 15.1 Å². The molecule has 2 rings (SSSR count). The fourth-order valence-corrected chi connectivity index (χ4v) is 2.53. The molecule has 0 saturated heterocycles. The number of halogens is 2. The molecule has 0 unspecified atom stereocenters. The maximum absolute atomic E-state index is 10.9. The second-order valence-electron chi connectivity index (χ2n) is 4.94. The topological polar surface area (TPSA) is 65.3 Å². The van der Waals surface area contributed by atoms with Gasteiger partial charge in [0.2, 0.25) is 0 Å². The fourth-order valence-electron chi connectivity index (χ4n) is 2.12. The first-order valence-corrected chi connectivity index (χ1v) is 8.43. The van der Waals surface area contributed by atoms with Crippen molar-refractivity contribution in [3.8, 4) is 0 Å². The molecule has 0 spiro atoms. The van der Waals surface area contributed by atoms with E-state index in [-0.39, 0.29) is 5.56 Å². The van der Waals surface area contributed by atoms with Crippen LogP contribution in [0, 0.1) is 0 Å². The number of azo groups is 1. The van der Waals surface area contributed by atoms with Crippen LogP contribution >= 0.6 is 23.2 Å². The summed E-state index contributed by atoms with van der Waals surface area (Å²) in [4.78, 5) is 13.0. The number of benzene rings is 2. The summed E-state index contributed by atoms with van der Waals surface area (Å²) in [5.74, 6) is 0.0614. The van der Waals surface area contributed by atoms with Gasteiger partial charge in [0.25, 0.3) is 0 Å². The smallest absolute Gasteiger partial charge is 0.335 e. The van der Waals surface area contributed by atoms with Gasteiger partial charge in [0.1, 0.15) is 0 Å². The summed E-state index contributed by atoms with van der Waals surface area (Å²) in [6.07, 6.45) is 0. The van der Waals surface area contributed by atoms with Gasteiger partial charge in [0.05, 0.1) is 16.9 Å². The van der Waals surface area contributed by atoms with Crippen molar-refractivity contribution in [1.82, 2.24) is 0 Å². The van der Waals surface area contributed by atoms with Crippen molar-refractivity contribution in [3.63, 3.8) is 0 Å². The predicted octanol–water partition coefficient (Wildman–Crippen LogP) is 5.08. The molecular formula is C17H17Cl2N3O2. The molecule has 0 atom stereocenters. The molecule has 0 saturated carbocycles. The molecule has 0 aliphatic heterocycles. The van der Waals surface area contributed by atoms with Crippen molar-refractivity contribution < 1.29 is 9.90 Å². The first-order chi connectivity index (χ1) is 11.6. The molecule has 0 fully saturated rings. The Labute approximate surface area is 150 Å². The van der Waals surface area contributed by atoms with E-state index in [0.29, 0.717) is 23.1 Å². The maximum atomic E-state index is 10.9. The molecule has 0 bridgehead atoms. The minimum Gasteiger partial charge on any atom is -0.478 e.